The lowest BCUT2D eigenvalue weighted by molar-refractivity contribution is 0.00578. The second kappa shape index (κ2) is 6.74. The van der Waals surface area contributed by atoms with E-state index >= 15 is 0 Å². The summed E-state index contributed by atoms with van der Waals surface area (Å²) >= 11 is 4.35. The maximum absolute atomic E-state index is 11.7. The molecule has 130 valence electrons. The molecule has 0 saturated carbocycles. The summed E-state index contributed by atoms with van der Waals surface area (Å²) in [7, 11) is 0.712. The molecule has 1 aliphatic heterocycles. The van der Waals surface area contributed by atoms with Gasteiger partial charge in [-0.2, -0.15) is 12.6 Å². The van der Waals surface area contributed by atoms with Crippen molar-refractivity contribution in [3.8, 4) is 0 Å². The van der Waals surface area contributed by atoms with Gasteiger partial charge in [-0.3, -0.25) is 0 Å². The number of carbonyl (C=O) groups excluding carboxylic acids is 1. The van der Waals surface area contributed by atoms with Crippen LogP contribution in [0.5, 0.6) is 0 Å². The van der Waals surface area contributed by atoms with Crippen molar-refractivity contribution < 1.29 is 18.8 Å². The predicted molar refractivity (Wildman–Crippen MR) is 95.7 cm³/mol. The lowest BCUT2D eigenvalue weighted by Crippen LogP contribution is -2.41. The van der Waals surface area contributed by atoms with Crippen LogP contribution < -0.4 is 5.73 Å². The minimum absolute atomic E-state index is 0.0158. The standard InChI is InChI=1S/C15H22BN3O4S/c1-14(2)15(3,4)23-16(22-14)9(8-24)6-10-7-18-12(17)11(19-10)13(20)21-5/h6-7,24H,8H2,1-5H3,(H2,17,18). The zero-order valence-corrected chi connectivity index (χ0v) is 15.4. The van der Waals surface area contributed by atoms with Crippen LogP contribution in [0.15, 0.2) is 11.7 Å². The molecule has 1 aliphatic rings. The first kappa shape index (κ1) is 18.8. The number of ether oxygens (including phenoxy) is 1. The second-order valence-corrected chi connectivity index (χ2v) is 6.80. The Morgan fingerprint density at radius 3 is 2.46 bits per heavy atom. The monoisotopic (exact) mass is 351 g/mol. The number of carbonyl (C=O) groups is 1. The Bertz CT molecular complexity index is 663. The zero-order chi connectivity index (χ0) is 18.1. The normalized spacial score (nSPS) is 19.4. The third-order valence-electron chi connectivity index (χ3n) is 4.27. The molecule has 0 radical (unpaired) electrons. The fourth-order valence-corrected chi connectivity index (χ4v) is 2.34. The largest absolute Gasteiger partial charge is 0.491 e. The van der Waals surface area contributed by atoms with Gasteiger partial charge >= 0.3 is 13.1 Å². The van der Waals surface area contributed by atoms with Crippen LogP contribution in [-0.2, 0) is 14.0 Å². The lowest BCUT2D eigenvalue weighted by atomic mass is 9.78. The maximum atomic E-state index is 11.7. The first-order valence-electron chi connectivity index (χ1n) is 7.49. The Morgan fingerprint density at radius 2 is 1.96 bits per heavy atom. The molecule has 1 fully saturated rings. The highest BCUT2D eigenvalue weighted by Crippen LogP contribution is 2.38. The van der Waals surface area contributed by atoms with Gasteiger partial charge in [-0.25, -0.2) is 14.8 Å². The molecular weight excluding hydrogens is 329 g/mol. The van der Waals surface area contributed by atoms with Crippen molar-refractivity contribution in [2.24, 2.45) is 0 Å². The van der Waals surface area contributed by atoms with Crippen molar-refractivity contribution in [2.75, 3.05) is 18.6 Å². The molecule has 1 aromatic rings. The number of thiol groups is 1. The van der Waals surface area contributed by atoms with Gasteiger partial charge in [0.15, 0.2) is 11.5 Å². The third kappa shape index (κ3) is 3.58. The molecule has 7 nitrogen and oxygen atoms in total. The van der Waals surface area contributed by atoms with Crippen molar-refractivity contribution in [2.45, 2.75) is 38.9 Å². The highest BCUT2D eigenvalue weighted by atomic mass is 32.1. The lowest BCUT2D eigenvalue weighted by Gasteiger charge is -2.32. The first-order chi connectivity index (χ1) is 11.1. The predicted octanol–water partition coefficient (Wildman–Crippen LogP) is 1.79. The molecule has 2 rings (SSSR count). The van der Waals surface area contributed by atoms with Crippen molar-refractivity contribution in [1.82, 2.24) is 9.97 Å². The SMILES string of the molecule is COC(=O)c1nc(C=C(CS)B2OC(C)(C)C(C)(C)O2)cnc1N. The van der Waals surface area contributed by atoms with Crippen LogP contribution in [-0.4, -0.2) is 47.1 Å². The number of esters is 1. The number of methoxy groups -OCH3 is 1. The molecule has 2 heterocycles. The summed E-state index contributed by atoms with van der Waals surface area (Å²) in [6.45, 7) is 7.89. The molecule has 2 N–H and O–H groups in total. The number of nitrogen functional groups attached to an aromatic ring is 1. The summed E-state index contributed by atoms with van der Waals surface area (Å²) in [5.41, 5.74) is 5.94. The van der Waals surface area contributed by atoms with Gasteiger partial charge < -0.3 is 19.8 Å². The van der Waals surface area contributed by atoms with Crippen LogP contribution in [0.4, 0.5) is 5.82 Å². The van der Waals surface area contributed by atoms with E-state index in [0.29, 0.717) is 11.4 Å². The van der Waals surface area contributed by atoms with Crippen molar-refractivity contribution in [3.05, 3.63) is 23.1 Å². The number of hydrogen-bond acceptors (Lipinski definition) is 8. The number of anilines is 1. The Balaban J connectivity index is 2.34. The van der Waals surface area contributed by atoms with Crippen molar-refractivity contribution >= 4 is 37.6 Å². The van der Waals surface area contributed by atoms with E-state index in [2.05, 4.69) is 27.3 Å². The van der Waals surface area contributed by atoms with Gasteiger partial charge in [-0.1, -0.05) is 0 Å². The van der Waals surface area contributed by atoms with Gasteiger partial charge in [0.05, 0.1) is 30.2 Å². The molecule has 0 aromatic carbocycles. The Morgan fingerprint density at radius 1 is 1.38 bits per heavy atom. The first-order valence-corrected chi connectivity index (χ1v) is 8.12. The van der Waals surface area contributed by atoms with E-state index in [4.69, 9.17) is 15.0 Å². The summed E-state index contributed by atoms with van der Waals surface area (Å²) in [6, 6.07) is 0. The average Bonchev–Trinajstić information content (AvgIpc) is 2.73. The summed E-state index contributed by atoms with van der Waals surface area (Å²) in [5, 5.41) is 0. The molecule has 1 saturated heterocycles. The summed E-state index contributed by atoms with van der Waals surface area (Å²) in [6.07, 6.45) is 3.20. The highest BCUT2D eigenvalue weighted by molar-refractivity contribution is 7.80. The summed E-state index contributed by atoms with van der Waals surface area (Å²) < 4.78 is 16.7. The van der Waals surface area contributed by atoms with Gasteiger partial charge in [0.1, 0.15) is 0 Å². The average molecular weight is 351 g/mol. The Hall–Kier alpha value is -1.58. The fourth-order valence-electron chi connectivity index (χ4n) is 2.10. The smallest absolute Gasteiger partial charge is 0.464 e. The van der Waals surface area contributed by atoms with E-state index < -0.39 is 24.3 Å². The molecule has 0 aliphatic carbocycles. The number of hydrogen-bond donors (Lipinski definition) is 2. The summed E-state index contributed by atoms with van der Waals surface area (Å²) in [4.78, 5) is 19.9. The fraction of sp³-hybridized carbons (Fsp3) is 0.533. The number of rotatable bonds is 4. The molecule has 9 heteroatoms. The van der Waals surface area contributed by atoms with Crippen LogP contribution in [0, 0.1) is 0 Å². The molecular formula is C15H22BN3O4S. The molecule has 1 aromatic heterocycles. The van der Waals surface area contributed by atoms with E-state index in [1.807, 2.05) is 27.7 Å². The van der Waals surface area contributed by atoms with E-state index in [0.717, 1.165) is 5.47 Å². The second-order valence-electron chi connectivity index (χ2n) is 6.49. The van der Waals surface area contributed by atoms with Crippen LogP contribution in [0.1, 0.15) is 43.9 Å². The van der Waals surface area contributed by atoms with Gasteiger partial charge in [0, 0.05) is 5.75 Å². The maximum Gasteiger partial charge on any atom is 0.491 e. The van der Waals surface area contributed by atoms with Gasteiger partial charge in [0.2, 0.25) is 0 Å². The van der Waals surface area contributed by atoms with Crippen molar-refractivity contribution in [1.29, 1.82) is 0 Å². The van der Waals surface area contributed by atoms with Crippen molar-refractivity contribution in [3.63, 3.8) is 0 Å². The molecule has 0 spiro atoms. The minimum atomic E-state index is -0.640. The molecule has 0 atom stereocenters. The van der Waals surface area contributed by atoms with Crippen LogP contribution >= 0.6 is 12.6 Å². The van der Waals surface area contributed by atoms with E-state index in [1.54, 1.807) is 6.08 Å². The van der Waals surface area contributed by atoms with Crippen LogP contribution in [0.25, 0.3) is 6.08 Å². The minimum Gasteiger partial charge on any atom is -0.464 e. The Labute approximate surface area is 147 Å². The van der Waals surface area contributed by atoms with Gasteiger partial charge in [-0.15, -0.1) is 0 Å². The molecule has 24 heavy (non-hydrogen) atoms. The number of nitrogens with zero attached hydrogens (tertiary/aromatic N) is 2. The number of aromatic nitrogens is 2. The van der Waals surface area contributed by atoms with E-state index in [9.17, 15) is 4.79 Å². The molecule has 0 unspecified atom stereocenters. The van der Waals surface area contributed by atoms with Crippen LogP contribution in [0.2, 0.25) is 0 Å². The highest BCUT2D eigenvalue weighted by Gasteiger charge is 2.52. The molecule has 0 bridgehead atoms. The topological polar surface area (TPSA) is 96.6 Å². The third-order valence-corrected chi connectivity index (χ3v) is 4.64. The number of nitrogens with two attached hydrogens (primary N) is 1. The van der Waals surface area contributed by atoms with Gasteiger partial charge in [-0.05, 0) is 39.2 Å². The summed E-state index contributed by atoms with van der Waals surface area (Å²) in [5.74, 6) is -0.225. The van der Waals surface area contributed by atoms with Gasteiger partial charge in [0.25, 0.3) is 0 Å². The zero-order valence-electron chi connectivity index (χ0n) is 14.5. The quantitative estimate of drug-likeness (QED) is 0.485. The van der Waals surface area contributed by atoms with E-state index in [1.165, 1.54) is 13.3 Å². The van der Waals surface area contributed by atoms with Crippen LogP contribution in [0.3, 0.4) is 0 Å². The Kier molecular flexibility index (Phi) is 5.27. The molecule has 0 amide bonds. The van der Waals surface area contributed by atoms with E-state index in [-0.39, 0.29) is 11.5 Å².